The van der Waals surface area contributed by atoms with Gasteiger partial charge in [0, 0.05) is 25.3 Å². The number of amides is 1. The van der Waals surface area contributed by atoms with Crippen molar-refractivity contribution in [2.24, 2.45) is 0 Å². The van der Waals surface area contributed by atoms with Crippen LogP contribution in [0.5, 0.6) is 0 Å². The van der Waals surface area contributed by atoms with E-state index in [1.165, 1.54) is 5.56 Å². The van der Waals surface area contributed by atoms with Gasteiger partial charge in [-0.3, -0.25) is 4.79 Å². The molecule has 6 heteroatoms. The molecule has 0 heterocycles. The lowest BCUT2D eigenvalue weighted by Crippen LogP contribution is -2.54. The fourth-order valence-corrected chi connectivity index (χ4v) is 2.95. The molecule has 0 radical (unpaired) electrons. The molecule has 0 saturated heterocycles. The highest BCUT2D eigenvalue weighted by atomic mass is 16.5. The maximum Gasteiger partial charge on any atom is 0.253 e. The fraction of sp³-hybridized carbons (Fsp3) is 0.350. The van der Waals surface area contributed by atoms with Crippen molar-refractivity contribution in [3.63, 3.8) is 0 Å². The first-order valence-corrected chi connectivity index (χ1v) is 8.65. The van der Waals surface area contributed by atoms with Crippen molar-refractivity contribution in [1.82, 2.24) is 15.7 Å². The van der Waals surface area contributed by atoms with Gasteiger partial charge in [-0.05, 0) is 61.9 Å². The molecular formula is C20H28N4O2. The minimum atomic E-state index is -0.406. The standard InChI is InChI=1S/C20H28N4O2/c1-13-12-17(10-11-18(13)21-3)15-6-8-16(9-7-15)20(25)24(5)14(2)19(22-4)23-26/h6-12,14,19,21-23,26H,1-5H3. The third kappa shape index (κ3) is 4.22. The Balaban J connectivity index is 2.18. The summed E-state index contributed by atoms with van der Waals surface area (Å²) >= 11 is 0. The van der Waals surface area contributed by atoms with Crippen molar-refractivity contribution < 1.29 is 10.0 Å². The van der Waals surface area contributed by atoms with E-state index in [4.69, 9.17) is 5.21 Å². The number of aryl methyl sites for hydroxylation is 1. The second kappa shape index (κ2) is 8.80. The molecule has 2 rings (SSSR count). The van der Waals surface area contributed by atoms with E-state index in [2.05, 4.69) is 41.2 Å². The van der Waals surface area contributed by atoms with Crippen LogP contribution in [0.3, 0.4) is 0 Å². The number of carbonyl (C=O) groups is 1. The van der Waals surface area contributed by atoms with Crippen LogP contribution in [0.1, 0.15) is 22.8 Å². The number of hydrogen-bond donors (Lipinski definition) is 4. The minimum Gasteiger partial charge on any atom is -0.388 e. The summed E-state index contributed by atoms with van der Waals surface area (Å²) in [7, 11) is 5.35. The van der Waals surface area contributed by atoms with Gasteiger partial charge in [0.05, 0.1) is 6.04 Å². The molecule has 2 aromatic rings. The van der Waals surface area contributed by atoms with E-state index in [-0.39, 0.29) is 11.9 Å². The van der Waals surface area contributed by atoms with E-state index < -0.39 is 6.17 Å². The highest BCUT2D eigenvalue weighted by molar-refractivity contribution is 5.94. The van der Waals surface area contributed by atoms with Crippen molar-refractivity contribution in [2.75, 3.05) is 26.5 Å². The Morgan fingerprint density at radius 2 is 1.69 bits per heavy atom. The molecule has 2 unspecified atom stereocenters. The first kappa shape index (κ1) is 19.9. The SMILES string of the molecule is CNc1ccc(-c2ccc(C(=O)N(C)C(C)C(NC)NO)cc2)cc1C. The van der Waals surface area contributed by atoms with Crippen LogP contribution < -0.4 is 16.1 Å². The zero-order valence-corrected chi connectivity index (χ0v) is 16.0. The maximum atomic E-state index is 12.7. The molecule has 0 aliphatic rings. The van der Waals surface area contributed by atoms with Crippen molar-refractivity contribution in [1.29, 1.82) is 0 Å². The number of nitrogens with zero attached hydrogens (tertiary/aromatic N) is 1. The van der Waals surface area contributed by atoms with Crippen molar-refractivity contribution in [3.05, 3.63) is 53.6 Å². The lowest BCUT2D eigenvalue weighted by molar-refractivity contribution is 0.0493. The predicted octanol–water partition coefficient (Wildman–Crippen LogP) is 2.69. The summed E-state index contributed by atoms with van der Waals surface area (Å²) in [6.07, 6.45) is -0.406. The Morgan fingerprint density at radius 3 is 2.19 bits per heavy atom. The first-order valence-electron chi connectivity index (χ1n) is 8.65. The number of hydrogen-bond acceptors (Lipinski definition) is 5. The number of benzene rings is 2. The smallest absolute Gasteiger partial charge is 0.253 e. The third-order valence-electron chi connectivity index (χ3n) is 4.82. The van der Waals surface area contributed by atoms with Crippen LogP contribution in [-0.4, -0.2) is 49.4 Å². The van der Waals surface area contributed by atoms with Gasteiger partial charge in [-0.25, -0.2) is 0 Å². The van der Waals surface area contributed by atoms with Crippen LogP contribution in [0.4, 0.5) is 5.69 Å². The van der Waals surface area contributed by atoms with E-state index in [1.807, 2.05) is 38.2 Å². The van der Waals surface area contributed by atoms with Gasteiger partial charge in [0.25, 0.3) is 5.91 Å². The molecule has 2 atom stereocenters. The molecule has 1 amide bonds. The molecule has 2 aromatic carbocycles. The summed E-state index contributed by atoms with van der Waals surface area (Å²) in [4.78, 5) is 14.3. The second-order valence-corrected chi connectivity index (χ2v) is 6.41. The normalized spacial score (nSPS) is 13.2. The fourth-order valence-electron chi connectivity index (χ4n) is 2.95. The van der Waals surface area contributed by atoms with Crippen LogP contribution in [0.2, 0.25) is 0 Å². The average Bonchev–Trinajstić information content (AvgIpc) is 2.67. The molecule has 0 spiro atoms. The van der Waals surface area contributed by atoms with Gasteiger partial charge in [-0.15, -0.1) is 0 Å². The summed E-state index contributed by atoms with van der Waals surface area (Å²) in [5.74, 6) is -0.0961. The number of rotatable bonds is 7. The highest BCUT2D eigenvalue weighted by Crippen LogP contribution is 2.25. The molecule has 0 aliphatic carbocycles. The number of anilines is 1. The van der Waals surface area contributed by atoms with Gasteiger partial charge in [0.1, 0.15) is 6.17 Å². The van der Waals surface area contributed by atoms with Crippen molar-refractivity contribution in [2.45, 2.75) is 26.1 Å². The van der Waals surface area contributed by atoms with Crippen molar-refractivity contribution >= 4 is 11.6 Å². The second-order valence-electron chi connectivity index (χ2n) is 6.41. The molecule has 0 aromatic heterocycles. The zero-order chi connectivity index (χ0) is 19.3. The average molecular weight is 356 g/mol. The molecule has 26 heavy (non-hydrogen) atoms. The van der Waals surface area contributed by atoms with Gasteiger partial charge in [-0.1, -0.05) is 18.2 Å². The molecule has 140 valence electrons. The lowest BCUT2D eigenvalue weighted by Gasteiger charge is -2.31. The van der Waals surface area contributed by atoms with E-state index in [0.717, 1.165) is 16.8 Å². The van der Waals surface area contributed by atoms with E-state index in [0.29, 0.717) is 5.56 Å². The molecule has 0 bridgehead atoms. The predicted molar refractivity (Wildman–Crippen MR) is 105 cm³/mol. The Kier molecular flexibility index (Phi) is 6.74. The Morgan fingerprint density at radius 1 is 1.08 bits per heavy atom. The summed E-state index contributed by atoms with van der Waals surface area (Å²) in [5, 5.41) is 15.3. The maximum absolute atomic E-state index is 12.7. The first-order chi connectivity index (χ1) is 12.4. The zero-order valence-electron chi connectivity index (χ0n) is 16.0. The molecule has 0 fully saturated rings. The molecule has 0 aliphatic heterocycles. The van der Waals surface area contributed by atoms with Gasteiger partial charge in [0.15, 0.2) is 0 Å². The van der Waals surface area contributed by atoms with Crippen LogP contribution in [-0.2, 0) is 0 Å². The molecule has 0 saturated carbocycles. The summed E-state index contributed by atoms with van der Waals surface area (Å²) < 4.78 is 0. The van der Waals surface area contributed by atoms with E-state index in [1.54, 1.807) is 19.0 Å². The summed E-state index contributed by atoms with van der Waals surface area (Å²) in [6.45, 7) is 3.93. The van der Waals surface area contributed by atoms with E-state index in [9.17, 15) is 4.79 Å². The quantitative estimate of drug-likeness (QED) is 0.453. The lowest BCUT2D eigenvalue weighted by atomic mass is 10.0. The number of likely N-dealkylation sites (N-methyl/N-ethyl adjacent to an activating group) is 2. The van der Waals surface area contributed by atoms with Crippen LogP contribution in [0.25, 0.3) is 11.1 Å². The van der Waals surface area contributed by atoms with Gasteiger partial charge >= 0.3 is 0 Å². The molecular weight excluding hydrogens is 328 g/mol. The van der Waals surface area contributed by atoms with Crippen LogP contribution >= 0.6 is 0 Å². The Bertz CT molecular complexity index is 742. The summed E-state index contributed by atoms with van der Waals surface area (Å²) in [6, 6.07) is 13.6. The largest absolute Gasteiger partial charge is 0.388 e. The van der Waals surface area contributed by atoms with Crippen LogP contribution in [0, 0.1) is 6.92 Å². The monoisotopic (exact) mass is 356 g/mol. The molecule has 6 nitrogen and oxygen atoms in total. The van der Waals surface area contributed by atoms with Gasteiger partial charge in [-0.2, -0.15) is 5.48 Å². The number of nitrogens with one attached hydrogen (secondary N) is 3. The Hall–Kier alpha value is -2.41. The van der Waals surface area contributed by atoms with E-state index >= 15 is 0 Å². The Labute approximate surface area is 155 Å². The van der Waals surface area contributed by atoms with Crippen LogP contribution in [0.15, 0.2) is 42.5 Å². The molecule has 4 N–H and O–H groups in total. The topological polar surface area (TPSA) is 76.6 Å². The third-order valence-corrected chi connectivity index (χ3v) is 4.82. The van der Waals surface area contributed by atoms with Gasteiger partial charge in [0.2, 0.25) is 0 Å². The minimum absolute atomic E-state index is 0.0961. The van der Waals surface area contributed by atoms with Crippen molar-refractivity contribution in [3.8, 4) is 11.1 Å². The summed E-state index contributed by atoms with van der Waals surface area (Å²) in [5.41, 5.74) is 7.24. The number of hydroxylamine groups is 1. The number of carbonyl (C=O) groups excluding carboxylic acids is 1. The highest BCUT2D eigenvalue weighted by Gasteiger charge is 2.23. The van der Waals surface area contributed by atoms with Gasteiger partial charge < -0.3 is 20.7 Å².